The molecule has 0 saturated carbocycles. The van der Waals surface area contributed by atoms with E-state index in [0.717, 1.165) is 27.7 Å². The Hall–Kier alpha value is -3.45. The maximum atomic E-state index is 13.3. The first-order valence-corrected chi connectivity index (χ1v) is 11.9. The smallest absolute Gasteiger partial charge is 0.236 e. The summed E-state index contributed by atoms with van der Waals surface area (Å²) in [5.41, 5.74) is 3.21. The highest BCUT2D eigenvalue weighted by atomic mass is 32.2. The molecule has 0 saturated heterocycles. The molecule has 7 heteroatoms. The van der Waals surface area contributed by atoms with E-state index in [1.165, 1.54) is 11.8 Å². The van der Waals surface area contributed by atoms with Crippen LogP contribution in [0.1, 0.15) is 25.0 Å². The van der Waals surface area contributed by atoms with Crippen LogP contribution in [-0.4, -0.2) is 42.4 Å². The predicted octanol–water partition coefficient (Wildman–Crippen LogP) is 4.92. The zero-order valence-corrected chi connectivity index (χ0v) is 19.7. The van der Waals surface area contributed by atoms with Crippen LogP contribution >= 0.6 is 11.8 Å². The Balaban J connectivity index is 1.57. The van der Waals surface area contributed by atoms with Crippen molar-refractivity contribution in [3.8, 4) is 11.4 Å². The van der Waals surface area contributed by atoms with E-state index in [0.29, 0.717) is 19.6 Å². The van der Waals surface area contributed by atoms with Gasteiger partial charge in [0, 0.05) is 31.0 Å². The fourth-order valence-electron chi connectivity index (χ4n) is 3.61. The van der Waals surface area contributed by atoms with Crippen LogP contribution in [0.2, 0.25) is 0 Å². The monoisotopic (exact) mass is 457 g/mol. The van der Waals surface area contributed by atoms with Gasteiger partial charge in [0.2, 0.25) is 5.91 Å². The summed E-state index contributed by atoms with van der Waals surface area (Å²) >= 11 is 1.45. The van der Waals surface area contributed by atoms with Gasteiger partial charge in [-0.3, -0.25) is 14.3 Å². The summed E-state index contributed by atoms with van der Waals surface area (Å²) in [5.74, 6) is 0.853. The molecule has 6 nitrogen and oxygen atoms in total. The van der Waals surface area contributed by atoms with Gasteiger partial charge in [0.15, 0.2) is 11.0 Å². The lowest BCUT2D eigenvalue weighted by molar-refractivity contribution is -0.130. The summed E-state index contributed by atoms with van der Waals surface area (Å²) in [6.07, 6.45) is 3.50. The lowest BCUT2D eigenvalue weighted by Crippen LogP contribution is -2.36. The van der Waals surface area contributed by atoms with E-state index in [1.54, 1.807) is 12.4 Å². The molecule has 0 fully saturated rings. The van der Waals surface area contributed by atoms with Gasteiger partial charge in [-0.05, 0) is 37.1 Å². The second-order valence-corrected chi connectivity index (χ2v) is 9.02. The number of benzene rings is 2. The van der Waals surface area contributed by atoms with Crippen molar-refractivity contribution in [1.82, 2.24) is 24.6 Å². The van der Waals surface area contributed by atoms with Gasteiger partial charge in [0.1, 0.15) is 0 Å². The molecule has 2 heterocycles. The molecule has 0 aliphatic rings. The number of pyridine rings is 1. The molecule has 1 amide bonds. The van der Waals surface area contributed by atoms with Crippen LogP contribution in [0.5, 0.6) is 0 Å². The zero-order chi connectivity index (χ0) is 23.0. The maximum absolute atomic E-state index is 13.3. The standard InChI is InChI=1S/C26H27N5OS/c1-3-30(18-21-10-6-4-7-11-21)25(32)20(2)33-26-29-28-24(23-14-16-27-17-15-23)31(26)19-22-12-8-5-9-13-22/h4-17,20H,3,18-19H2,1-2H3. The van der Waals surface area contributed by atoms with Crippen LogP contribution in [0.4, 0.5) is 0 Å². The first kappa shape index (κ1) is 22.7. The molecule has 4 rings (SSSR count). The Morgan fingerprint density at radius 1 is 0.939 bits per heavy atom. The maximum Gasteiger partial charge on any atom is 0.236 e. The molecule has 168 valence electrons. The summed E-state index contributed by atoms with van der Waals surface area (Å²) < 4.78 is 2.08. The Morgan fingerprint density at radius 2 is 1.58 bits per heavy atom. The van der Waals surface area contributed by atoms with Crippen molar-refractivity contribution in [2.75, 3.05) is 6.54 Å². The Morgan fingerprint density at radius 3 is 2.21 bits per heavy atom. The van der Waals surface area contributed by atoms with Gasteiger partial charge >= 0.3 is 0 Å². The van der Waals surface area contributed by atoms with Crippen molar-refractivity contribution < 1.29 is 4.79 Å². The number of hydrogen-bond donors (Lipinski definition) is 0. The Kier molecular flexibility index (Phi) is 7.52. The fourth-order valence-corrected chi connectivity index (χ4v) is 4.55. The molecule has 0 N–H and O–H groups in total. The van der Waals surface area contributed by atoms with Crippen LogP contribution in [0.25, 0.3) is 11.4 Å². The van der Waals surface area contributed by atoms with Gasteiger partial charge in [-0.25, -0.2) is 0 Å². The summed E-state index contributed by atoms with van der Waals surface area (Å²) in [6.45, 7) is 5.82. The van der Waals surface area contributed by atoms with E-state index >= 15 is 0 Å². The van der Waals surface area contributed by atoms with E-state index in [4.69, 9.17) is 0 Å². The summed E-state index contributed by atoms with van der Waals surface area (Å²) in [4.78, 5) is 19.3. The van der Waals surface area contributed by atoms with Crippen molar-refractivity contribution in [2.24, 2.45) is 0 Å². The van der Waals surface area contributed by atoms with Gasteiger partial charge in [-0.1, -0.05) is 72.4 Å². The normalized spacial score (nSPS) is 11.8. The Labute approximate surface area is 198 Å². The summed E-state index contributed by atoms with van der Waals surface area (Å²) in [7, 11) is 0. The number of carbonyl (C=O) groups excluding carboxylic acids is 1. The molecule has 33 heavy (non-hydrogen) atoms. The quantitative estimate of drug-likeness (QED) is 0.334. The molecule has 0 bridgehead atoms. The molecule has 4 aromatic rings. The molecule has 2 aromatic heterocycles. The van der Waals surface area contributed by atoms with Crippen molar-refractivity contribution in [3.63, 3.8) is 0 Å². The minimum atomic E-state index is -0.294. The average molecular weight is 458 g/mol. The third-order valence-electron chi connectivity index (χ3n) is 5.38. The number of nitrogens with zero attached hydrogens (tertiary/aromatic N) is 5. The highest BCUT2D eigenvalue weighted by Gasteiger charge is 2.24. The fraction of sp³-hybridized carbons (Fsp3) is 0.231. The molecular weight excluding hydrogens is 430 g/mol. The molecule has 2 aromatic carbocycles. The minimum absolute atomic E-state index is 0.0890. The van der Waals surface area contributed by atoms with Crippen molar-refractivity contribution in [1.29, 1.82) is 0 Å². The molecule has 0 spiro atoms. The second-order valence-electron chi connectivity index (χ2n) is 7.71. The lowest BCUT2D eigenvalue weighted by atomic mass is 10.2. The highest BCUT2D eigenvalue weighted by molar-refractivity contribution is 8.00. The van der Waals surface area contributed by atoms with Crippen LogP contribution in [-0.2, 0) is 17.9 Å². The number of carbonyl (C=O) groups is 1. The third-order valence-corrected chi connectivity index (χ3v) is 6.45. The summed E-state index contributed by atoms with van der Waals surface area (Å²) in [5, 5.41) is 9.36. The van der Waals surface area contributed by atoms with E-state index in [1.807, 2.05) is 79.4 Å². The first-order valence-electron chi connectivity index (χ1n) is 11.0. The number of hydrogen-bond acceptors (Lipinski definition) is 5. The number of amides is 1. The van der Waals surface area contributed by atoms with E-state index in [2.05, 4.69) is 31.9 Å². The molecule has 1 atom stereocenters. The lowest BCUT2D eigenvalue weighted by Gasteiger charge is -2.24. The molecular formula is C26H27N5OS. The first-order chi connectivity index (χ1) is 16.2. The highest BCUT2D eigenvalue weighted by Crippen LogP contribution is 2.28. The molecule has 1 unspecified atom stereocenters. The largest absolute Gasteiger partial charge is 0.338 e. The van der Waals surface area contributed by atoms with Gasteiger partial charge in [0.05, 0.1) is 11.8 Å². The van der Waals surface area contributed by atoms with Crippen LogP contribution in [0, 0.1) is 0 Å². The molecule has 0 aliphatic heterocycles. The van der Waals surface area contributed by atoms with E-state index in [-0.39, 0.29) is 11.2 Å². The van der Waals surface area contributed by atoms with Crippen LogP contribution in [0.15, 0.2) is 90.3 Å². The second kappa shape index (κ2) is 10.9. The SMILES string of the molecule is CCN(Cc1ccccc1)C(=O)C(C)Sc1nnc(-c2ccncc2)n1Cc1ccccc1. The van der Waals surface area contributed by atoms with E-state index < -0.39 is 0 Å². The van der Waals surface area contributed by atoms with Gasteiger partial charge in [0.25, 0.3) is 0 Å². The van der Waals surface area contributed by atoms with Crippen molar-refractivity contribution in [2.45, 2.75) is 37.3 Å². The predicted molar refractivity (Wildman–Crippen MR) is 132 cm³/mol. The number of rotatable bonds is 9. The third kappa shape index (κ3) is 5.68. The zero-order valence-electron chi connectivity index (χ0n) is 18.8. The van der Waals surface area contributed by atoms with Crippen LogP contribution in [0.3, 0.4) is 0 Å². The topological polar surface area (TPSA) is 63.9 Å². The minimum Gasteiger partial charge on any atom is -0.338 e. The average Bonchev–Trinajstić information content (AvgIpc) is 3.25. The molecule has 0 radical (unpaired) electrons. The van der Waals surface area contributed by atoms with Gasteiger partial charge in [-0.2, -0.15) is 0 Å². The number of aromatic nitrogens is 4. The van der Waals surface area contributed by atoms with Gasteiger partial charge < -0.3 is 4.90 Å². The van der Waals surface area contributed by atoms with Gasteiger partial charge in [-0.15, -0.1) is 10.2 Å². The Bertz CT molecular complexity index is 1170. The van der Waals surface area contributed by atoms with E-state index in [9.17, 15) is 4.79 Å². The van der Waals surface area contributed by atoms with Crippen LogP contribution < -0.4 is 0 Å². The summed E-state index contributed by atoms with van der Waals surface area (Å²) in [6, 6.07) is 24.1. The number of thioether (sulfide) groups is 1. The van der Waals surface area contributed by atoms with Crippen molar-refractivity contribution in [3.05, 3.63) is 96.3 Å². The van der Waals surface area contributed by atoms with Crippen molar-refractivity contribution >= 4 is 17.7 Å². The molecule has 0 aliphatic carbocycles.